The van der Waals surface area contributed by atoms with Crippen LogP contribution in [-0.2, 0) is 14.4 Å². The summed E-state index contributed by atoms with van der Waals surface area (Å²) in [6, 6.07) is 3.68. The smallest absolute Gasteiger partial charge is 0.269 e. The molecule has 1 amide bonds. The number of hydrogen-bond donors (Lipinski definition) is 1. The summed E-state index contributed by atoms with van der Waals surface area (Å²) in [5, 5.41) is 7.40. The Morgan fingerprint density at radius 1 is 1.44 bits per heavy atom. The molecule has 32 heavy (non-hydrogen) atoms. The summed E-state index contributed by atoms with van der Waals surface area (Å²) in [6.45, 7) is 8.99. The largest absolute Gasteiger partial charge is 0.351 e. The third-order valence-electron chi connectivity index (χ3n) is 5.34. The maximum Gasteiger partial charge on any atom is 0.269 e. The number of allylic oxidation sites excluding steroid dienone is 2. The fraction of sp³-hybridized carbons (Fsp3) is 0.261. The van der Waals surface area contributed by atoms with Crippen molar-refractivity contribution in [3.05, 3.63) is 69.6 Å². The van der Waals surface area contributed by atoms with E-state index in [1.807, 2.05) is 19.1 Å². The molecular weight excluding hydrogens is 496 g/mol. The number of hydrogen-bond acceptors (Lipinski definition) is 5. The van der Waals surface area contributed by atoms with E-state index in [0.717, 1.165) is 11.3 Å². The molecule has 166 valence electrons. The molecule has 1 aromatic carbocycles. The molecule has 1 heterocycles. The van der Waals surface area contributed by atoms with E-state index in [4.69, 9.17) is 11.6 Å². The molecule has 0 radical (unpaired) electrons. The fourth-order valence-electron chi connectivity index (χ4n) is 3.84. The van der Waals surface area contributed by atoms with Crippen LogP contribution in [0.5, 0.6) is 0 Å². The summed E-state index contributed by atoms with van der Waals surface area (Å²) in [6.07, 6.45) is 6.62. The predicted molar refractivity (Wildman–Crippen MR) is 127 cm³/mol. The summed E-state index contributed by atoms with van der Waals surface area (Å²) in [7, 11) is 0. The molecule has 0 spiro atoms. The zero-order chi connectivity index (χ0) is 23.4. The molecule has 2 unspecified atom stereocenters. The molecule has 0 bridgehead atoms. The Morgan fingerprint density at radius 3 is 2.78 bits per heavy atom. The number of aromatic nitrogens is 2. The van der Waals surface area contributed by atoms with Crippen molar-refractivity contribution in [2.45, 2.75) is 25.7 Å². The van der Waals surface area contributed by atoms with Crippen molar-refractivity contribution >= 4 is 51.7 Å². The normalized spacial score (nSPS) is 18.7. The summed E-state index contributed by atoms with van der Waals surface area (Å²) >= 11 is 9.49. The van der Waals surface area contributed by atoms with Crippen molar-refractivity contribution in [2.75, 3.05) is 6.54 Å². The second kappa shape index (κ2) is 10.2. The zero-order valence-corrected chi connectivity index (χ0v) is 19.8. The van der Waals surface area contributed by atoms with Gasteiger partial charge in [-0.15, -0.1) is 0 Å². The van der Waals surface area contributed by atoms with E-state index in [2.05, 4.69) is 44.6 Å². The standard InChI is InChI=1S/C23H22BrClN4O3/c1-4-5-18(26-3)23(32)27-7-6-14-9-19(30)21(22(14)31)20-13(2)8-16(10-17(20)24)29-12-15(25)11-28-29/h4-5,8,10-12,14,21H,1,3,6-7,9H2,2H3,(H,27,32)/b18-5-. The van der Waals surface area contributed by atoms with Crippen LogP contribution in [0.15, 0.2) is 58.4 Å². The fourth-order valence-corrected chi connectivity index (χ4v) is 4.75. The van der Waals surface area contributed by atoms with Crippen molar-refractivity contribution in [2.24, 2.45) is 10.9 Å². The van der Waals surface area contributed by atoms with Gasteiger partial charge in [-0.25, -0.2) is 4.68 Å². The highest BCUT2D eigenvalue weighted by Crippen LogP contribution is 2.39. The van der Waals surface area contributed by atoms with Crippen molar-refractivity contribution in [3.8, 4) is 5.69 Å². The van der Waals surface area contributed by atoms with E-state index < -0.39 is 17.7 Å². The number of amides is 1. The van der Waals surface area contributed by atoms with Crippen LogP contribution < -0.4 is 5.32 Å². The van der Waals surface area contributed by atoms with Crippen LogP contribution in [0.25, 0.3) is 5.69 Å². The zero-order valence-electron chi connectivity index (χ0n) is 17.5. The Labute approximate surface area is 199 Å². The van der Waals surface area contributed by atoms with Crippen molar-refractivity contribution in [1.82, 2.24) is 15.1 Å². The maximum absolute atomic E-state index is 13.1. The van der Waals surface area contributed by atoms with Gasteiger partial charge in [0.05, 0.1) is 16.9 Å². The van der Waals surface area contributed by atoms with Gasteiger partial charge in [-0.05, 0) is 49.4 Å². The quantitative estimate of drug-likeness (QED) is 0.247. The highest BCUT2D eigenvalue weighted by atomic mass is 79.9. The van der Waals surface area contributed by atoms with Crippen LogP contribution >= 0.6 is 27.5 Å². The van der Waals surface area contributed by atoms with Crippen molar-refractivity contribution < 1.29 is 14.4 Å². The minimum atomic E-state index is -0.827. The predicted octanol–water partition coefficient (Wildman–Crippen LogP) is 4.12. The third kappa shape index (κ3) is 4.97. The summed E-state index contributed by atoms with van der Waals surface area (Å²) in [5.74, 6) is -1.93. The Hall–Kier alpha value is -2.84. The van der Waals surface area contributed by atoms with Crippen molar-refractivity contribution in [1.29, 1.82) is 0 Å². The van der Waals surface area contributed by atoms with Crippen molar-refractivity contribution in [3.63, 3.8) is 0 Å². The van der Waals surface area contributed by atoms with Crippen LogP contribution in [0.1, 0.15) is 29.9 Å². The molecule has 1 fully saturated rings. The van der Waals surface area contributed by atoms with Gasteiger partial charge in [0.1, 0.15) is 17.4 Å². The van der Waals surface area contributed by atoms with E-state index in [0.29, 0.717) is 21.5 Å². The van der Waals surface area contributed by atoms with E-state index in [1.54, 1.807) is 10.9 Å². The number of aryl methyl sites for hydroxylation is 1. The average Bonchev–Trinajstić information content (AvgIpc) is 3.29. The molecule has 3 rings (SSSR count). The Bertz CT molecular complexity index is 1120. The minimum Gasteiger partial charge on any atom is -0.351 e. The van der Waals surface area contributed by atoms with Gasteiger partial charge in [0.15, 0.2) is 5.78 Å². The van der Waals surface area contributed by atoms with Gasteiger partial charge in [-0.2, -0.15) is 5.10 Å². The molecule has 7 nitrogen and oxygen atoms in total. The third-order valence-corrected chi connectivity index (χ3v) is 6.19. The Morgan fingerprint density at radius 2 is 2.19 bits per heavy atom. The molecule has 2 atom stereocenters. The first-order valence-corrected chi connectivity index (χ1v) is 11.1. The molecule has 1 N–H and O–H groups in total. The second-order valence-electron chi connectivity index (χ2n) is 7.45. The van der Waals surface area contributed by atoms with Gasteiger partial charge in [0.2, 0.25) is 0 Å². The number of ketones is 2. The van der Waals surface area contributed by atoms with E-state index in [1.165, 1.54) is 18.3 Å². The monoisotopic (exact) mass is 516 g/mol. The molecule has 0 saturated heterocycles. The second-order valence-corrected chi connectivity index (χ2v) is 8.75. The molecule has 0 aliphatic heterocycles. The number of carbonyl (C=O) groups excluding carboxylic acids is 3. The maximum atomic E-state index is 13.1. The molecule has 9 heteroatoms. The van der Waals surface area contributed by atoms with Gasteiger partial charge < -0.3 is 5.32 Å². The van der Waals surface area contributed by atoms with Gasteiger partial charge in [0, 0.05) is 29.6 Å². The molecule has 1 aliphatic rings. The number of nitrogens with zero attached hydrogens (tertiary/aromatic N) is 3. The number of nitrogens with one attached hydrogen (secondary N) is 1. The summed E-state index contributed by atoms with van der Waals surface area (Å²) in [4.78, 5) is 41.6. The lowest BCUT2D eigenvalue weighted by Crippen LogP contribution is -2.28. The summed E-state index contributed by atoms with van der Waals surface area (Å²) < 4.78 is 2.29. The number of aliphatic imine (C=N–C) groups is 1. The highest BCUT2D eigenvalue weighted by molar-refractivity contribution is 9.10. The van der Waals surface area contributed by atoms with Gasteiger partial charge >= 0.3 is 0 Å². The lowest BCUT2D eigenvalue weighted by molar-refractivity contribution is -0.125. The molecule has 1 aliphatic carbocycles. The lowest BCUT2D eigenvalue weighted by Gasteiger charge is -2.16. The van der Waals surface area contributed by atoms with E-state index >= 15 is 0 Å². The van der Waals surface area contributed by atoms with Gasteiger partial charge in [-0.1, -0.05) is 40.2 Å². The van der Waals surface area contributed by atoms with Gasteiger partial charge in [0.25, 0.3) is 5.91 Å². The van der Waals surface area contributed by atoms with Crippen LogP contribution in [0.3, 0.4) is 0 Å². The first-order valence-electron chi connectivity index (χ1n) is 9.91. The number of halogens is 2. The first-order chi connectivity index (χ1) is 15.3. The molecule has 1 saturated carbocycles. The van der Waals surface area contributed by atoms with E-state index in [9.17, 15) is 14.4 Å². The molecule has 1 aromatic heterocycles. The first kappa shape index (κ1) is 23.8. The minimum absolute atomic E-state index is 0.120. The van der Waals surface area contributed by atoms with Crippen LogP contribution in [-0.4, -0.2) is 40.5 Å². The molecule has 2 aromatic rings. The number of rotatable bonds is 8. The highest BCUT2D eigenvalue weighted by Gasteiger charge is 2.43. The lowest BCUT2D eigenvalue weighted by atomic mass is 9.90. The molecular formula is C23H22BrClN4O3. The van der Waals surface area contributed by atoms with Gasteiger partial charge in [-0.3, -0.25) is 19.4 Å². The number of benzene rings is 1. The van der Waals surface area contributed by atoms with Crippen LogP contribution in [0, 0.1) is 12.8 Å². The number of carbonyl (C=O) groups is 3. The average molecular weight is 518 g/mol. The SMILES string of the molecule is C=C/C=C(\N=C)C(=O)NCCC1CC(=O)C(c2c(C)cc(-n3cc(Cl)cn3)cc2Br)C1=O. The van der Waals surface area contributed by atoms with Crippen LogP contribution in [0.4, 0.5) is 0 Å². The van der Waals surface area contributed by atoms with E-state index in [-0.39, 0.29) is 30.2 Å². The Kier molecular flexibility index (Phi) is 7.58. The summed E-state index contributed by atoms with van der Waals surface area (Å²) in [5.41, 5.74) is 2.38. The number of Topliss-reactive ketones (excluding diaryl/α,β-unsaturated/α-hetero) is 2. The topological polar surface area (TPSA) is 93.4 Å². The Balaban J connectivity index is 1.73. The van der Waals surface area contributed by atoms with Crippen LogP contribution in [0.2, 0.25) is 5.02 Å².